The average molecular weight is 302 g/mol. The summed E-state index contributed by atoms with van der Waals surface area (Å²) in [5.41, 5.74) is 0. The van der Waals surface area contributed by atoms with Crippen LogP contribution >= 0.6 is 35.7 Å². The van der Waals surface area contributed by atoms with Crippen molar-refractivity contribution in [3.8, 4) is 0 Å². The molecule has 72 valence electrons. The fourth-order valence-electron chi connectivity index (χ4n) is 1.14. The Kier molecular flexibility index (Phi) is 6.30. The van der Waals surface area contributed by atoms with Crippen molar-refractivity contribution in [1.29, 1.82) is 0 Å². The number of thioether (sulfide) groups is 1. The minimum absolute atomic E-state index is 0. The molecule has 0 spiro atoms. The number of aliphatic hydroxyl groups excluding tert-OH is 1. The minimum Gasteiger partial charge on any atom is -0.392 e. The maximum atomic E-state index is 9.12. The number of aliphatic imine (C=N–C) groups is 1. The van der Waals surface area contributed by atoms with Gasteiger partial charge in [0.25, 0.3) is 0 Å². The molecule has 0 saturated carbocycles. The van der Waals surface area contributed by atoms with Crippen LogP contribution in [0.5, 0.6) is 0 Å². The van der Waals surface area contributed by atoms with Crippen molar-refractivity contribution in [2.75, 3.05) is 25.9 Å². The number of β-amino-alcohol motifs (C(OH)–C–C–N with tert-alkyl or cyclic N) is 1. The largest absolute Gasteiger partial charge is 0.392 e. The zero-order valence-corrected chi connectivity index (χ0v) is 10.5. The van der Waals surface area contributed by atoms with E-state index in [4.69, 9.17) is 5.11 Å². The molecular formula is C7H15IN2OS. The maximum Gasteiger partial charge on any atom is 0.159 e. The fraction of sp³-hybridized carbons (Fsp3) is 0.857. The van der Waals surface area contributed by atoms with Crippen molar-refractivity contribution in [2.24, 2.45) is 4.99 Å². The SMILES string of the molecule is CSC1=NCCN1CC(C)O.I. The number of hydrogen-bond acceptors (Lipinski definition) is 4. The van der Waals surface area contributed by atoms with Crippen molar-refractivity contribution in [3.63, 3.8) is 0 Å². The second-order valence-electron chi connectivity index (χ2n) is 2.66. The van der Waals surface area contributed by atoms with Crippen molar-refractivity contribution in [2.45, 2.75) is 13.0 Å². The first-order valence-electron chi connectivity index (χ1n) is 3.75. The van der Waals surface area contributed by atoms with Crippen LogP contribution in [0.3, 0.4) is 0 Å². The van der Waals surface area contributed by atoms with Gasteiger partial charge in [0.05, 0.1) is 12.6 Å². The lowest BCUT2D eigenvalue weighted by Gasteiger charge is -2.19. The zero-order chi connectivity index (χ0) is 8.27. The highest BCUT2D eigenvalue weighted by Gasteiger charge is 2.16. The summed E-state index contributed by atoms with van der Waals surface area (Å²) in [5.74, 6) is 0. The van der Waals surface area contributed by atoms with E-state index in [0.717, 1.165) is 18.3 Å². The number of aliphatic hydroxyl groups is 1. The summed E-state index contributed by atoms with van der Waals surface area (Å²) in [7, 11) is 0. The van der Waals surface area contributed by atoms with E-state index in [2.05, 4.69) is 9.89 Å². The van der Waals surface area contributed by atoms with Gasteiger partial charge in [-0.05, 0) is 13.2 Å². The Labute approximate surface area is 94.6 Å². The number of nitrogens with zero attached hydrogens (tertiary/aromatic N) is 2. The second kappa shape index (κ2) is 6.04. The summed E-state index contributed by atoms with van der Waals surface area (Å²) in [5, 5.41) is 10.2. The van der Waals surface area contributed by atoms with Gasteiger partial charge >= 0.3 is 0 Å². The molecule has 0 aromatic rings. The number of amidine groups is 1. The highest BCUT2D eigenvalue weighted by Crippen LogP contribution is 2.11. The molecule has 0 amide bonds. The molecule has 0 aromatic heterocycles. The molecule has 1 unspecified atom stereocenters. The lowest BCUT2D eigenvalue weighted by atomic mass is 10.4. The third-order valence-corrected chi connectivity index (χ3v) is 2.31. The van der Waals surface area contributed by atoms with Crippen molar-refractivity contribution in [1.82, 2.24) is 4.90 Å². The van der Waals surface area contributed by atoms with Gasteiger partial charge in [0.15, 0.2) is 5.17 Å². The Morgan fingerprint density at radius 3 is 2.92 bits per heavy atom. The molecule has 0 bridgehead atoms. The third-order valence-electron chi connectivity index (χ3n) is 1.55. The first-order valence-corrected chi connectivity index (χ1v) is 4.98. The standard InChI is InChI=1S/C7H14N2OS.HI/c1-6(10)5-9-4-3-8-7(9)11-2;/h6,10H,3-5H2,1-2H3;1H. The molecule has 3 nitrogen and oxygen atoms in total. The summed E-state index contributed by atoms with van der Waals surface area (Å²) in [4.78, 5) is 6.40. The molecular weight excluding hydrogens is 287 g/mol. The molecule has 1 atom stereocenters. The summed E-state index contributed by atoms with van der Waals surface area (Å²) in [6.45, 7) is 4.35. The smallest absolute Gasteiger partial charge is 0.159 e. The number of hydrogen-bond donors (Lipinski definition) is 1. The lowest BCUT2D eigenvalue weighted by molar-refractivity contribution is 0.164. The monoisotopic (exact) mass is 302 g/mol. The van der Waals surface area contributed by atoms with Gasteiger partial charge in [-0.25, -0.2) is 0 Å². The highest BCUT2D eigenvalue weighted by atomic mass is 127. The normalized spacial score (nSPS) is 18.6. The van der Waals surface area contributed by atoms with Crippen LogP contribution in [0.1, 0.15) is 6.92 Å². The first kappa shape index (κ1) is 12.5. The van der Waals surface area contributed by atoms with E-state index in [1.54, 1.807) is 18.7 Å². The van der Waals surface area contributed by atoms with Gasteiger partial charge < -0.3 is 10.0 Å². The van der Waals surface area contributed by atoms with E-state index in [1.165, 1.54) is 0 Å². The van der Waals surface area contributed by atoms with E-state index in [0.29, 0.717) is 6.54 Å². The van der Waals surface area contributed by atoms with Crippen LogP contribution in [0.25, 0.3) is 0 Å². The van der Waals surface area contributed by atoms with E-state index in [9.17, 15) is 0 Å². The summed E-state index contributed by atoms with van der Waals surface area (Å²) >= 11 is 1.65. The predicted molar refractivity (Wildman–Crippen MR) is 64.5 cm³/mol. The van der Waals surface area contributed by atoms with Crippen LogP contribution in [0.4, 0.5) is 0 Å². The summed E-state index contributed by atoms with van der Waals surface area (Å²) in [6, 6.07) is 0. The van der Waals surface area contributed by atoms with Gasteiger partial charge in [-0.3, -0.25) is 4.99 Å². The fourth-order valence-corrected chi connectivity index (χ4v) is 1.79. The van der Waals surface area contributed by atoms with E-state index in [1.807, 2.05) is 6.26 Å². The van der Waals surface area contributed by atoms with Gasteiger partial charge in [-0.2, -0.15) is 0 Å². The first-order chi connectivity index (χ1) is 5.24. The Bertz CT molecular complexity index is 163. The molecule has 0 fully saturated rings. The molecule has 0 saturated heterocycles. The molecule has 1 aliphatic heterocycles. The van der Waals surface area contributed by atoms with Crippen molar-refractivity contribution in [3.05, 3.63) is 0 Å². The molecule has 1 N–H and O–H groups in total. The average Bonchev–Trinajstić information content (AvgIpc) is 2.34. The minimum atomic E-state index is -0.259. The van der Waals surface area contributed by atoms with Gasteiger partial charge in [-0.1, -0.05) is 11.8 Å². The van der Waals surface area contributed by atoms with Crippen LogP contribution in [-0.4, -0.2) is 47.2 Å². The third kappa shape index (κ3) is 3.49. The molecule has 1 aliphatic rings. The molecule has 0 aliphatic carbocycles. The quantitative estimate of drug-likeness (QED) is 0.774. The Morgan fingerprint density at radius 1 is 1.75 bits per heavy atom. The number of rotatable bonds is 2. The second-order valence-corrected chi connectivity index (χ2v) is 3.44. The van der Waals surface area contributed by atoms with E-state index in [-0.39, 0.29) is 30.1 Å². The van der Waals surface area contributed by atoms with Crippen molar-refractivity contribution >= 4 is 40.9 Å². The highest BCUT2D eigenvalue weighted by molar-refractivity contribution is 14.0. The Balaban J connectivity index is 0.00000121. The molecule has 0 radical (unpaired) electrons. The molecule has 12 heavy (non-hydrogen) atoms. The lowest BCUT2D eigenvalue weighted by Crippen LogP contribution is -2.32. The van der Waals surface area contributed by atoms with Crippen LogP contribution in [0.15, 0.2) is 4.99 Å². The van der Waals surface area contributed by atoms with E-state index < -0.39 is 0 Å². The topological polar surface area (TPSA) is 35.8 Å². The predicted octanol–water partition coefficient (Wildman–Crippen LogP) is 1.02. The van der Waals surface area contributed by atoms with Crippen LogP contribution in [0, 0.1) is 0 Å². The van der Waals surface area contributed by atoms with Crippen LogP contribution in [-0.2, 0) is 0 Å². The van der Waals surface area contributed by atoms with Crippen LogP contribution < -0.4 is 0 Å². The molecule has 1 rings (SSSR count). The maximum absolute atomic E-state index is 9.12. The summed E-state index contributed by atoms with van der Waals surface area (Å²) in [6.07, 6.45) is 1.75. The van der Waals surface area contributed by atoms with Crippen molar-refractivity contribution < 1.29 is 5.11 Å². The van der Waals surface area contributed by atoms with Gasteiger partial charge in [-0.15, -0.1) is 24.0 Å². The number of halogens is 1. The zero-order valence-electron chi connectivity index (χ0n) is 7.36. The van der Waals surface area contributed by atoms with Gasteiger partial charge in [0.2, 0.25) is 0 Å². The van der Waals surface area contributed by atoms with Gasteiger partial charge in [0.1, 0.15) is 0 Å². The summed E-state index contributed by atoms with van der Waals surface area (Å²) < 4.78 is 0. The molecule has 0 aromatic carbocycles. The van der Waals surface area contributed by atoms with Gasteiger partial charge in [0, 0.05) is 13.1 Å². The molecule has 5 heteroatoms. The molecule has 1 heterocycles. The van der Waals surface area contributed by atoms with Crippen LogP contribution in [0.2, 0.25) is 0 Å². The van der Waals surface area contributed by atoms with E-state index >= 15 is 0 Å². The Hall–Kier alpha value is 0.510. The Morgan fingerprint density at radius 2 is 2.42 bits per heavy atom.